The van der Waals surface area contributed by atoms with Gasteiger partial charge < -0.3 is 19.5 Å². The molecule has 0 aromatic heterocycles. The van der Waals surface area contributed by atoms with Gasteiger partial charge in [-0.05, 0) is 31.2 Å². The summed E-state index contributed by atoms with van der Waals surface area (Å²) >= 11 is 0. The third-order valence-corrected chi connectivity index (χ3v) is 3.75. The summed E-state index contributed by atoms with van der Waals surface area (Å²) in [6.45, 7) is 1.25. The minimum atomic E-state index is -1.35. The first-order valence-corrected chi connectivity index (χ1v) is 7.99. The Morgan fingerprint density at radius 3 is 2.39 bits per heavy atom. The van der Waals surface area contributed by atoms with Gasteiger partial charge in [-0.3, -0.25) is 9.59 Å². The molecule has 0 unspecified atom stereocenters. The molecule has 1 atom stereocenters. The van der Waals surface area contributed by atoms with Crippen molar-refractivity contribution in [3.05, 3.63) is 53.1 Å². The highest BCUT2D eigenvalue weighted by atomic mass is 19.1. The Kier molecular flexibility index (Phi) is 6.64. The van der Waals surface area contributed by atoms with Gasteiger partial charge in [0.2, 0.25) is 0 Å². The summed E-state index contributed by atoms with van der Waals surface area (Å²) in [6, 6.07) is 5.37. The molecule has 1 N–H and O–H groups in total. The van der Waals surface area contributed by atoms with E-state index >= 15 is 0 Å². The number of benzene rings is 2. The van der Waals surface area contributed by atoms with Crippen LogP contribution in [0.3, 0.4) is 0 Å². The third kappa shape index (κ3) is 4.43. The first kappa shape index (κ1) is 20.8. The van der Waals surface area contributed by atoms with Crippen molar-refractivity contribution in [3.8, 4) is 11.5 Å². The van der Waals surface area contributed by atoms with Crippen molar-refractivity contribution < 1.29 is 37.4 Å². The van der Waals surface area contributed by atoms with Crippen LogP contribution in [0.15, 0.2) is 30.3 Å². The second-order valence-corrected chi connectivity index (χ2v) is 5.54. The van der Waals surface area contributed by atoms with Crippen LogP contribution < -0.4 is 14.8 Å². The van der Waals surface area contributed by atoms with Crippen LogP contribution in [-0.2, 0) is 9.53 Å². The Labute approximate surface area is 159 Å². The normalized spacial score (nSPS) is 11.3. The molecule has 1 amide bonds. The quantitative estimate of drug-likeness (QED) is 0.575. The van der Waals surface area contributed by atoms with Gasteiger partial charge in [-0.2, -0.15) is 0 Å². The fraction of sp³-hybridized carbons (Fsp3) is 0.211. The standard InChI is InChI=1S/C19H17F2NO6/c1-10(18(24)22-14-6-5-12(20)8-13(14)21)28-19(25)16-11(9-23)4-7-15(26-2)17(16)27-3/h4-10H,1-3H3,(H,22,24)/t10-/m0/s1. The zero-order valence-corrected chi connectivity index (χ0v) is 15.2. The molecule has 0 aliphatic rings. The Morgan fingerprint density at radius 1 is 1.11 bits per heavy atom. The number of ether oxygens (including phenoxy) is 3. The van der Waals surface area contributed by atoms with E-state index in [1.54, 1.807) is 0 Å². The van der Waals surface area contributed by atoms with Gasteiger partial charge >= 0.3 is 5.97 Å². The molecule has 148 valence electrons. The first-order chi connectivity index (χ1) is 13.3. The largest absolute Gasteiger partial charge is 0.493 e. The van der Waals surface area contributed by atoms with Gasteiger partial charge in [-0.1, -0.05) is 0 Å². The lowest BCUT2D eigenvalue weighted by atomic mass is 10.1. The summed E-state index contributed by atoms with van der Waals surface area (Å²) < 4.78 is 41.9. The van der Waals surface area contributed by atoms with Crippen molar-refractivity contribution in [2.24, 2.45) is 0 Å². The van der Waals surface area contributed by atoms with Crippen LogP contribution in [0, 0.1) is 11.6 Å². The van der Waals surface area contributed by atoms with E-state index in [1.807, 2.05) is 0 Å². The van der Waals surface area contributed by atoms with Gasteiger partial charge in [0, 0.05) is 11.6 Å². The van der Waals surface area contributed by atoms with Crippen LogP contribution >= 0.6 is 0 Å². The molecule has 0 heterocycles. The third-order valence-electron chi connectivity index (χ3n) is 3.75. The minimum absolute atomic E-state index is 0.0279. The van der Waals surface area contributed by atoms with Crippen LogP contribution in [0.2, 0.25) is 0 Å². The molecule has 0 saturated heterocycles. The Balaban J connectivity index is 2.22. The number of nitrogens with one attached hydrogen (secondary N) is 1. The van der Waals surface area contributed by atoms with E-state index in [0.717, 1.165) is 12.1 Å². The predicted octanol–water partition coefficient (Wildman–Crippen LogP) is 2.98. The van der Waals surface area contributed by atoms with Gasteiger partial charge in [0.25, 0.3) is 5.91 Å². The average Bonchev–Trinajstić information content (AvgIpc) is 2.68. The van der Waals surface area contributed by atoms with Crippen molar-refractivity contribution in [1.29, 1.82) is 0 Å². The molecule has 2 aromatic rings. The second kappa shape index (κ2) is 8.94. The van der Waals surface area contributed by atoms with E-state index in [9.17, 15) is 23.2 Å². The van der Waals surface area contributed by atoms with Crippen molar-refractivity contribution in [3.63, 3.8) is 0 Å². The van der Waals surface area contributed by atoms with Crippen molar-refractivity contribution in [1.82, 2.24) is 0 Å². The number of aldehydes is 1. The average molecular weight is 393 g/mol. The number of anilines is 1. The molecular weight excluding hydrogens is 376 g/mol. The SMILES string of the molecule is COc1ccc(C=O)c(C(=O)O[C@@H](C)C(=O)Nc2ccc(F)cc2F)c1OC. The van der Waals surface area contributed by atoms with Crippen molar-refractivity contribution in [2.45, 2.75) is 13.0 Å². The van der Waals surface area contributed by atoms with E-state index in [4.69, 9.17) is 14.2 Å². The highest BCUT2D eigenvalue weighted by molar-refractivity contribution is 6.03. The number of halogens is 2. The molecule has 7 nitrogen and oxygen atoms in total. The molecule has 0 aliphatic carbocycles. The maximum atomic E-state index is 13.7. The van der Waals surface area contributed by atoms with Gasteiger partial charge in [-0.25, -0.2) is 13.6 Å². The van der Waals surface area contributed by atoms with E-state index < -0.39 is 29.6 Å². The number of amides is 1. The number of hydrogen-bond acceptors (Lipinski definition) is 6. The van der Waals surface area contributed by atoms with E-state index in [-0.39, 0.29) is 28.3 Å². The summed E-state index contributed by atoms with van der Waals surface area (Å²) in [7, 11) is 2.62. The number of rotatable bonds is 7. The highest BCUT2D eigenvalue weighted by Crippen LogP contribution is 2.33. The van der Waals surface area contributed by atoms with Crippen LogP contribution in [0.5, 0.6) is 11.5 Å². The summed E-state index contributed by atoms with van der Waals surface area (Å²) in [5.41, 5.74) is -0.522. The number of hydrogen-bond donors (Lipinski definition) is 1. The summed E-state index contributed by atoms with van der Waals surface area (Å²) in [5, 5.41) is 2.19. The molecule has 0 saturated carbocycles. The van der Waals surface area contributed by atoms with E-state index in [1.165, 1.54) is 33.3 Å². The van der Waals surface area contributed by atoms with Gasteiger partial charge in [0.05, 0.1) is 19.9 Å². The van der Waals surface area contributed by atoms with E-state index in [2.05, 4.69) is 5.32 Å². The fourth-order valence-electron chi connectivity index (χ4n) is 2.35. The zero-order valence-electron chi connectivity index (χ0n) is 15.2. The summed E-state index contributed by atoms with van der Waals surface area (Å²) in [4.78, 5) is 36.0. The smallest absolute Gasteiger partial charge is 0.343 e. The van der Waals surface area contributed by atoms with Crippen LogP contribution in [0.25, 0.3) is 0 Å². The monoisotopic (exact) mass is 393 g/mol. The molecule has 2 aromatic carbocycles. The van der Waals surface area contributed by atoms with Crippen molar-refractivity contribution >= 4 is 23.9 Å². The maximum Gasteiger partial charge on any atom is 0.343 e. The van der Waals surface area contributed by atoms with Crippen molar-refractivity contribution in [2.75, 3.05) is 19.5 Å². The lowest BCUT2D eigenvalue weighted by molar-refractivity contribution is -0.123. The number of esters is 1. The zero-order chi connectivity index (χ0) is 20.8. The van der Waals surface area contributed by atoms with Gasteiger partial charge in [0.15, 0.2) is 23.9 Å². The molecule has 9 heteroatoms. The molecule has 0 aliphatic heterocycles. The molecule has 0 bridgehead atoms. The molecule has 2 rings (SSSR count). The first-order valence-electron chi connectivity index (χ1n) is 7.99. The van der Waals surface area contributed by atoms with Gasteiger partial charge in [0.1, 0.15) is 17.2 Å². The summed E-state index contributed by atoms with van der Waals surface area (Å²) in [6.07, 6.45) is -0.927. The predicted molar refractivity (Wildman–Crippen MR) is 94.8 cm³/mol. The Morgan fingerprint density at radius 2 is 1.82 bits per heavy atom. The fourth-order valence-corrected chi connectivity index (χ4v) is 2.35. The second-order valence-electron chi connectivity index (χ2n) is 5.54. The van der Waals surface area contributed by atoms with Crippen LogP contribution in [-0.4, -0.2) is 38.5 Å². The van der Waals surface area contributed by atoms with E-state index in [0.29, 0.717) is 12.4 Å². The molecule has 0 radical (unpaired) electrons. The topological polar surface area (TPSA) is 90.9 Å². The van der Waals surface area contributed by atoms with Crippen LogP contribution in [0.4, 0.5) is 14.5 Å². The summed E-state index contributed by atoms with van der Waals surface area (Å²) in [5.74, 6) is -3.50. The molecule has 0 fully saturated rings. The molecule has 0 spiro atoms. The minimum Gasteiger partial charge on any atom is -0.493 e. The van der Waals surface area contributed by atoms with Crippen LogP contribution in [0.1, 0.15) is 27.6 Å². The highest BCUT2D eigenvalue weighted by Gasteiger charge is 2.26. The van der Waals surface area contributed by atoms with Gasteiger partial charge in [-0.15, -0.1) is 0 Å². The Bertz CT molecular complexity index is 916. The Hall–Kier alpha value is -3.49. The number of methoxy groups -OCH3 is 2. The molecular formula is C19H17F2NO6. The lowest BCUT2D eigenvalue weighted by Crippen LogP contribution is -2.30. The molecule has 28 heavy (non-hydrogen) atoms. The number of carbonyl (C=O) groups excluding carboxylic acids is 3. The number of carbonyl (C=O) groups is 3. The lowest BCUT2D eigenvalue weighted by Gasteiger charge is -2.17. The maximum absolute atomic E-state index is 13.7.